The number of unbranched alkanes of at least 4 members (excludes halogenated alkanes) is 2. The molecule has 2 rings (SSSR count). The van der Waals surface area contributed by atoms with E-state index < -0.39 is 0 Å². The van der Waals surface area contributed by atoms with Gasteiger partial charge in [0, 0.05) is 12.8 Å². The van der Waals surface area contributed by atoms with Crippen molar-refractivity contribution >= 4 is 0 Å². The second-order valence-electron chi connectivity index (χ2n) is 6.10. The monoisotopic (exact) mass is 224 g/mol. The summed E-state index contributed by atoms with van der Waals surface area (Å²) in [7, 11) is 0. The van der Waals surface area contributed by atoms with Crippen LogP contribution in [0.1, 0.15) is 71.1 Å². The maximum atomic E-state index is 2.33. The van der Waals surface area contributed by atoms with Gasteiger partial charge in [-0.1, -0.05) is 19.8 Å². The lowest BCUT2D eigenvalue weighted by Gasteiger charge is -2.43. The lowest BCUT2D eigenvalue weighted by molar-refractivity contribution is -0.942. The third-order valence-electron chi connectivity index (χ3n) is 5.01. The molecule has 0 bridgehead atoms. The molecule has 0 radical (unpaired) electrons. The van der Waals surface area contributed by atoms with E-state index in [-0.39, 0.29) is 0 Å². The highest BCUT2D eigenvalue weighted by Gasteiger charge is 2.39. The van der Waals surface area contributed by atoms with E-state index in [0.717, 1.165) is 6.04 Å². The fraction of sp³-hybridized carbons (Fsp3) is 1.00. The van der Waals surface area contributed by atoms with E-state index in [0.29, 0.717) is 0 Å². The molecule has 2 aliphatic rings. The first-order valence-electron chi connectivity index (χ1n) is 7.73. The molecule has 0 spiro atoms. The van der Waals surface area contributed by atoms with E-state index in [1.165, 1.54) is 88.3 Å². The third-order valence-corrected chi connectivity index (χ3v) is 5.01. The normalized spacial score (nSPS) is 26.1. The Hall–Kier alpha value is -0.0400. The molecule has 0 aromatic carbocycles. The highest BCUT2D eigenvalue weighted by atomic mass is 15.4. The summed E-state index contributed by atoms with van der Waals surface area (Å²) in [5.74, 6) is 0. The summed E-state index contributed by atoms with van der Waals surface area (Å²) in [6, 6.07) is 1.05. The lowest BCUT2D eigenvalue weighted by atomic mass is 9.92. The Bertz CT molecular complexity index is 188. The van der Waals surface area contributed by atoms with Crippen LogP contribution in [-0.4, -0.2) is 30.2 Å². The van der Waals surface area contributed by atoms with Crippen LogP contribution in [0, 0.1) is 0 Å². The molecule has 1 aliphatic heterocycles. The Balaban J connectivity index is 1.91. The smallest absolute Gasteiger partial charge is 0.0890 e. The summed E-state index contributed by atoms with van der Waals surface area (Å²) >= 11 is 0. The second kappa shape index (κ2) is 6.05. The molecule has 0 N–H and O–H groups in total. The zero-order valence-corrected chi connectivity index (χ0v) is 11.2. The van der Waals surface area contributed by atoms with Gasteiger partial charge in [0.15, 0.2) is 0 Å². The predicted molar refractivity (Wildman–Crippen MR) is 70.5 cm³/mol. The molecule has 1 heteroatoms. The van der Waals surface area contributed by atoms with E-state index in [9.17, 15) is 0 Å². The second-order valence-corrected chi connectivity index (χ2v) is 6.10. The van der Waals surface area contributed by atoms with Crippen molar-refractivity contribution in [3.8, 4) is 0 Å². The van der Waals surface area contributed by atoms with Crippen LogP contribution in [0.3, 0.4) is 0 Å². The maximum absolute atomic E-state index is 2.33. The zero-order chi connectivity index (χ0) is 11.3. The molecule has 0 aromatic heterocycles. The van der Waals surface area contributed by atoms with Gasteiger partial charge in [-0.2, -0.15) is 0 Å². The van der Waals surface area contributed by atoms with Gasteiger partial charge < -0.3 is 4.48 Å². The average molecular weight is 224 g/mol. The van der Waals surface area contributed by atoms with E-state index in [2.05, 4.69) is 6.92 Å². The highest BCUT2D eigenvalue weighted by molar-refractivity contribution is 4.70. The first-order valence-corrected chi connectivity index (χ1v) is 7.73. The van der Waals surface area contributed by atoms with Crippen LogP contribution in [0.2, 0.25) is 0 Å². The summed E-state index contributed by atoms with van der Waals surface area (Å²) in [6.07, 6.45) is 14.9. The standard InChI is InChI=1S/C15H30N/c1-2-3-7-12-16(13-8-9-14-16)15-10-5-4-6-11-15/h15H,2-14H2,1H3/q+1. The molecule has 1 saturated heterocycles. The summed E-state index contributed by atoms with van der Waals surface area (Å²) in [5, 5.41) is 0. The minimum absolute atomic E-state index is 1.05. The van der Waals surface area contributed by atoms with Gasteiger partial charge >= 0.3 is 0 Å². The van der Waals surface area contributed by atoms with E-state index >= 15 is 0 Å². The lowest BCUT2D eigenvalue weighted by Crippen LogP contribution is -2.54. The predicted octanol–water partition coefficient (Wildman–Crippen LogP) is 4.12. The van der Waals surface area contributed by atoms with Crippen LogP contribution in [0.5, 0.6) is 0 Å². The number of quaternary nitrogens is 1. The fourth-order valence-electron chi connectivity index (χ4n) is 4.04. The summed E-state index contributed by atoms with van der Waals surface area (Å²) in [4.78, 5) is 0. The summed E-state index contributed by atoms with van der Waals surface area (Å²) in [5.41, 5.74) is 0. The molecule has 1 aliphatic carbocycles. The summed E-state index contributed by atoms with van der Waals surface area (Å²) < 4.78 is 1.53. The number of hydrogen-bond acceptors (Lipinski definition) is 0. The van der Waals surface area contributed by atoms with Gasteiger partial charge in [0.05, 0.1) is 25.7 Å². The minimum Gasteiger partial charge on any atom is -0.321 e. The summed E-state index contributed by atoms with van der Waals surface area (Å²) in [6.45, 7) is 6.84. The molecule has 0 atom stereocenters. The highest BCUT2D eigenvalue weighted by Crippen LogP contribution is 2.33. The Morgan fingerprint density at radius 1 is 0.875 bits per heavy atom. The zero-order valence-electron chi connectivity index (χ0n) is 11.2. The third kappa shape index (κ3) is 2.80. The van der Waals surface area contributed by atoms with Crippen LogP contribution in [0.4, 0.5) is 0 Å². The van der Waals surface area contributed by atoms with E-state index in [1.54, 1.807) is 0 Å². The van der Waals surface area contributed by atoms with Crippen LogP contribution in [0.15, 0.2) is 0 Å². The molecule has 0 aromatic rings. The van der Waals surface area contributed by atoms with Gasteiger partial charge in [-0.3, -0.25) is 0 Å². The van der Waals surface area contributed by atoms with Crippen molar-refractivity contribution < 1.29 is 4.48 Å². The minimum atomic E-state index is 1.05. The number of hydrogen-bond donors (Lipinski definition) is 0. The van der Waals surface area contributed by atoms with Gasteiger partial charge in [-0.15, -0.1) is 0 Å². The largest absolute Gasteiger partial charge is 0.321 e. The van der Waals surface area contributed by atoms with Crippen LogP contribution >= 0.6 is 0 Å². The van der Waals surface area contributed by atoms with Crippen LogP contribution < -0.4 is 0 Å². The van der Waals surface area contributed by atoms with Gasteiger partial charge in [0.2, 0.25) is 0 Å². The molecular weight excluding hydrogens is 194 g/mol. The van der Waals surface area contributed by atoms with E-state index in [4.69, 9.17) is 0 Å². The van der Waals surface area contributed by atoms with Crippen molar-refractivity contribution in [2.24, 2.45) is 0 Å². The first kappa shape index (κ1) is 12.4. The fourth-order valence-corrected chi connectivity index (χ4v) is 4.04. The molecule has 1 saturated carbocycles. The van der Waals surface area contributed by atoms with Gasteiger partial charge in [0.25, 0.3) is 0 Å². The van der Waals surface area contributed by atoms with Gasteiger partial charge in [0.1, 0.15) is 0 Å². The van der Waals surface area contributed by atoms with Crippen molar-refractivity contribution in [2.75, 3.05) is 19.6 Å². The van der Waals surface area contributed by atoms with Gasteiger partial charge in [-0.05, 0) is 38.5 Å². The van der Waals surface area contributed by atoms with Crippen LogP contribution in [-0.2, 0) is 0 Å². The number of likely N-dealkylation sites (tertiary alicyclic amines) is 1. The van der Waals surface area contributed by atoms with E-state index in [1.807, 2.05) is 0 Å². The Morgan fingerprint density at radius 3 is 2.19 bits per heavy atom. The van der Waals surface area contributed by atoms with Crippen molar-refractivity contribution in [1.82, 2.24) is 0 Å². The Kier molecular flexibility index (Phi) is 4.69. The number of nitrogens with zero attached hydrogens (tertiary/aromatic N) is 1. The molecular formula is C15H30N+. The molecule has 1 heterocycles. The van der Waals surface area contributed by atoms with Crippen molar-refractivity contribution in [3.05, 3.63) is 0 Å². The molecule has 0 unspecified atom stereocenters. The Labute approximate surface area is 102 Å². The SMILES string of the molecule is CCCCC[N+]1(C2CCCCC2)CCCC1. The molecule has 1 nitrogen and oxygen atoms in total. The number of rotatable bonds is 5. The van der Waals surface area contributed by atoms with Crippen molar-refractivity contribution in [1.29, 1.82) is 0 Å². The first-order chi connectivity index (χ1) is 7.87. The topological polar surface area (TPSA) is 0 Å². The maximum Gasteiger partial charge on any atom is 0.0890 e. The molecule has 0 amide bonds. The van der Waals surface area contributed by atoms with Crippen LogP contribution in [0.25, 0.3) is 0 Å². The molecule has 94 valence electrons. The van der Waals surface area contributed by atoms with Crippen molar-refractivity contribution in [3.63, 3.8) is 0 Å². The van der Waals surface area contributed by atoms with Crippen molar-refractivity contribution in [2.45, 2.75) is 77.2 Å². The average Bonchev–Trinajstić information content (AvgIpc) is 2.81. The Morgan fingerprint density at radius 2 is 1.56 bits per heavy atom. The molecule has 16 heavy (non-hydrogen) atoms. The molecule has 2 fully saturated rings. The quantitative estimate of drug-likeness (QED) is 0.487. The van der Waals surface area contributed by atoms with Gasteiger partial charge in [-0.25, -0.2) is 0 Å².